The van der Waals surface area contributed by atoms with Gasteiger partial charge in [-0.1, -0.05) is 17.7 Å². The number of para-hydroxylation sites is 1. The molecule has 0 fully saturated rings. The van der Waals surface area contributed by atoms with Crippen LogP contribution in [0.4, 0.5) is 10.1 Å². The van der Waals surface area contributed by atoms with E-state index in [-0.39, 0.29) is 5.82 Å². The molecule has 0 saturated heterocycles. The molecule has 3 nitrogen and oxygen atoms in total. The SMILES string of the molecule is Fc1cccc(Cl)c1NCc1ccncn1. The van der Waals surface area contributed by atoms with Gasteiger partial charge in [-0.15, -0.1) is 0 Å². The number of aromatic nitrogens is 2. The van der Waals surface area contributed by atoms with E-state index in [0.29, 0.717) is 17.3 Å². The Labute approximate surface area is 97.3 Å². The van der Waals surface area contributed by atoms with Crippen LogP contribution in [0.15, 0.2) is 36.8 Å². The molecule has 1 N–H and O–H groups in total. The number of anilines is 1. The van der Waals surface area contributed by atoms with Crippen molar-refractivity contribution in [2.75, 3.05) is 5.32 Å². The lowest BCUT2D eigenvalue weighted by atomic mass is 10.3. The molecule has 82 valence electrons. The smallest absolute Gasteiger partial charge is 0.147 e. The lowest BCUT2D eigenvalue weighted by molar-refractivity contribution is 0.630. The van der Waals surface area contributed by atoms with E-state index in [0.717, 1.165) is 5.69 Å². The van der Waals surface area contributed by atoms with E-state index in [9.17, 15) is 4.39 Å². The zero-order valence-electron chi connectivity index (χ0n) is 8.32. The van der Waals surface area contributed by atoms with Crippen LogP contribution in [-0.2, 0) is 6.54 Å². The summed E-state index contributed by atoms with van der Waals surface area (Å²) < 4.78 is 13.4. The average molecular weight is 238 g/mol. The van der Waals surface area contributed by atoms with Crippen molar-refractivity contribution in [2.45, 2.75) is 6.54 Å². The number of benzene rings is 1. The number of rotatable bonds is 3. The molecule has 2 rings (SSSR count). The maximum absolute atomic E-state index is 13.4. The maximum Gasteiger partial charge on any atom is 0.147 e. The van der Waals surface area contributed by atoms with Crippen LogP contribution in [0.2, 0.25) is 5.02 Å². The van der Waals surface area contributed by atoms with E-state index in [4.69, 9.17) is 11.6 Å². The lowest BCUT2D eigenvalue weighted by Crippen LogP contribution is -2.03. The molecule has 16 heavy (non-hydrogen) atoms. The summed E-state index contributed by atoms with van der Waals surface area (Å²) in [7, 11) is 0. The minimum Gasteiger partial charge on any atom is -0.376 e. The van der Waals surface area contributed by atoms with Crippen molar-refractivity contribution in [3.05, 3.63) is 53.3 Å². The van der Waals surface area contributed by atoms with Gasteiger partial charge in [0, 0.05) is 6.20 Å². The van der Waals surface area contributed by atoms with Crippen molar-refractivity contribution in [3.8, 4) is 0 Å². The molecule has 0 aliphatic carbocycles. The fourth-order valence-electron chi connectivity index (χ4n) is 1.27. The standard InChI is InChI=1S/C11H9ClFN3/c12-9-2-1-3-10(13)11(9)15-6-8-4-5-14-7-16-8/h1-5,7,15H,6H2. The van der Waals surface area contributed by atoms with Crippen molar-refractivity contribution in [1.29, 1.82) is 0 Å². The average Bonchev–Trinajstić information content (AvgIpc) is 2.30. The third-order valence-corrected chi connectivity index (χ3v) is 2.37. The Kier molecular flexibility index (Phi) is 3.31. The second kappa shape index (κ2) is 4.90. The molecule has 0 amide bonds. The largest absolute Gasteiger partial charge is 0.376 e. The molecule has 0 aliphatic rings. The maximum atomic E-state index is 13.4. The predicted octanol–water partition coefficient (Wildman–Crippen LogP) is 2.88. The molecule has 0 unspecified atom stereocenters. The van der Waals surface area contributed by atoms with Crippen molar-refractivity contribution >= 4 is 17.3 Å². The van der Waals surface area contributed by atoms with E-state index in [1.807, 2.05) is 0 Å². The summed E-state index contributed by atoms with van der Waals surface area (Å²) in [6.45, 7) is 0.406. The lowest BCUT2D eigenvalue weighted by Gasteiger charge is -2.08. The van der Waals surface area contributed by atoms with Gasteiger partial charge >= 0.3 is 0 Å². The van der Waals surface area contributed by atoms with Crippen molar-refractivity contribution in [3.63, 3.8) is 0 Å². The Morgan fingerprint density at radius 2 is 2.19 bits per heavy atom. The van der Waals surface area contributed by atoms with Crippen molar-refractivity contribution in [2.24, 2.45) is 0 Å². The van der Waals surface area contributed by atoms with Gasteiger partial charge in [-0.25, -0.2) is 14.4 Å². The van der Waals surface area contributed by atoms with Crippen LogP contribution in [0.25, 0.3) is 0 Å². The van der Waals surface area contributed by atoms with E-state index >= 15 is 0 Å². The number of nitrogens with zero attached hydrogens (tertiary/aromatic N) is 2. The zero-order valence-corrected chi connectivity index (χ0v) is 9.08. The van der Waals surface area contributed by atoms with Crippen molar-refractivity contribution in [1.82, 2.24) is 9.97 Å². The van der Waals surface area contributed by atoms with Gasteiger partial charge in [0.25, 0.3) is 0 Å². The van der Waals surface area contributed by atoms with Crippen LogP contribution < -0.4 is 5.32 Å². The summed E-state index contributed by atoms with van der Waals surface area (Å²) in [4.78, 5) is 7.81. The first kappa shape index (κ1) is 10.8. The number of nitrogens with one attached hydrogen (secondary N) is 1. The fourth-order valence-corrected chi connectivity index (χ4v) is 1.50. The zero-order chi connectivity index (χ0) is 11.4. The third-order valence-electron chi connectivity index (χ3n) is 2.05. The molecule has 0 spiro atoms. The van der Waals surface area contributed by atoms with Crippen molar-refractivity contribution < 1.29 is 4.39 Å². The Morgan fingerprint density at radius 3 is 2.88 bits per heavy atom. The summed E-state index contributed by atoms with van der Waals surface area (Å²) in [6.07, 6.45) is 3.08. The Balaban J connectivity index is 2.11. The van der Waals surface area contributed by atoms with Crippen LogP contribution >= 0.6 is 11.6 Å². The van der Waals surface area contributed by atoms with E-state index < -0.39 is 0 Å². The highest BCUT2D eigenvalue weighted by Gasteiger charge is 2.05. The second-order valence-corrected chi connectivity index (χ2v) is 3.56. The van der Waals surface area contributed by atoms with Gasteiger partial charge in [0.05, 0.1) is 22.9 Å². The fraction of sp³-hybridized carbons (Fsp3) is 0.0909. The summed E-state index contributed by atoms with van der Waals surface area (Å²) >= 11 is 5.86. The highest BCUT2D eigenvalue weighted by molar-refractivity contribution is 6.33. The minimum atomic E-state index is -0.374. The molecule has 0 saturated carbocycles. The Bertz CT molecular complexity index is 456. The predicted molar refractivity (Wildman–Crippen MR) is 60.8 cm³/mol. The number of hydrogen-bond donors (Lipinski definition) is 1. The third kappa shape index (κ3) is 2.46. The van der Waals surface area contributed by atoms with Crippen LogP contribution in [0.5, 0.6) is 0 Å². The highest BCUT2D eigenvalue weighted by Crippen LogP contribution is 2.24. The summed E-state index contributed by atoms with van der Waals surface area (Å²) in [5, 5.41) is 3.26. The number of halogens is 2. The molecular formula is C11H9ClFN3. The Morgan fingerprint density at radius 1 is 1.31 bits per heavy atom. The molecule has 1 heterocycles. The van der Waals surface area contributed by atoms with Crippen LogP contribution in [0.3, 0.4) is 0 Å². The highest BCUT2D eigenvalue weighted by atomic mass is 35.5. The first-order chi connectivity index (χ1) is 7.77. The summed E-state index contributed by atoms with van der Waals surface area (Å²) in [5.74, 6) is -0.374. The topological polar surface area (TPSA) is 37.8 Å². The molecule has 2 aromatic rings. The molecule has 1 aromatic carbocycles. The second-order valence-electron chi connectivity index (χ2n) is 3.15. The van der Waals surface area contributed by atoms with Crippen LogP contribution in [0.1, 0.15) is 5.69 Å². The van der Waals surface area contributed by atoms with E-state index in [1.165, 1.54) is 12.4 Å². The van der Waals surface area contributed by atoms with Crippen LogP contribution in [0, 0.1) is 5.82 Å². The molecule has 5 heteroatoms. The molecule has 0 atom stereocenters. The van der Waals surface area contributed by atoms with Crippen LogP contribution in [-0.4, -0.2) is 9.97 Å². The molecule has 0 bridgehead atoms. The van der Waals surface area contributed by atoms with E-state index in [2.05, 4.69) is 15.3 Å². The van der Waals surface area contributed by atoms with Gasteiger partial charge in [-0.2, -0.15) is 0 Å². The van der Waals surface area contributed by atoms with Gasteiger partial charge in [0.2, 0.25) is 0 Å². The minimum absolute atomic E-state index is 0.294. The molecule has 0 aliphatic heterocycles. The quantitative estimate of drug-likeness (QED) is 0.892. The number of hydrogen-bond acceptors (Lipinski definition) is 3. The monoisotopic (exact) mass is 237 g/mol. The first-order valence-corrected chi connectivity index (χ1v) is 5.08. The van der Waals surface area contributed by atoms with Gasteiger partial charge < -0.3 is 5.32 Å². The van der Waals surface area contributed by atoms with Gasteiger partial charge in [-0.3, -0.25) is 0 Å². The molecule has 0 radical (unpaired) electrons. The van der Waals surface area contributed by atoms with Gasteiger partial charge in [0.15, 0.2) is 0 Å². The van der Waals surface area contributed by atoms with Gasteiger partial charge in [0.1, 0.15) is 12.1 Å². The normalized spacial score (nSPS) is 10.1. The summed E-state index contributed by atoms with van der Waals surface area (Å²) in [5.41, 5.74) is 1.07. The summed E-state index contributed by atoms with van der Waals surface area (Å²) in [6, 6.07) is 6.30. The Hall–Kier alpha value is -1.68. The first-order valence-electron chi connectivity index (χ1n) is 4.70. The molecule has 1 aromatic heterocycles. The van der Waals surface area contributed by atoms with E-state index in [1.54, 1.807) is 24.4 Å². The molecular weight excluding hydrogens is 229 g/mol. The van der Waals surface area contributed by atoms with Gasteiger partial charge in [-0.05, 0) is 18.2 Å².